The number of aromatic nitrogens is 1. The van der Waals surface area contributed by atoms with Gasteiger partial charge in [0.2, 0.25) is 0 Å². The molecule has 0 aromatic carbocycles. The molecule has 4 nitrogen and oxygen atoms in total. The molecule has 2 N–H and O–H groups in total. The van der Waals surface area contributed by atoms with Crippen molar-refractivity contribution in [2.45, 2.75) is 13.8 Å². The minimum absolute atomic E-state index is 0.358. The van der Waals surface area contributed by atoms with Crippen molar-refractivity contribution in [2.75, 3.05) is 5.73 Å². The van der Waals surface area contributed by atoms with Crippen molar-refractivity contribution < 1.29 is 0 Å². The first-order chi connectivity index (χ1) is 5.16. The van der Waals surface area contributed by atoms with Crippen molar-refractivity contribution in [1.29, 1.82) is 0 Å². The Labute approximate surface area is 64.4 Å². The minimum Gasteiger partial charge on any atom is -0.383 e. The Bertz CT molecular complexity index is 296. The summed E-state index contributed by atoms with van der Waals surface area (Å²) in [5.74, 6) is 0.454. The van der Waals surface area contributed by atoms with E-state index in [1.165, 1.54) is 6.20 Å². The Morgan fingerprint density at radius 2 is 2.09 bits per heavy atom. The quantitative estimate of drug-likeness (QED) is 0.621. The molecule has 0 aliphatic heterocycles. The number of pyridine rings is 1. The second kappa shape index (κ2) is 2.65. The third-order valence-electron chi connectivity index (χ3n) is 1.76. The molecule has 0 unspecified atom stereocenters. The number of nitrogen functional groups attached to an aromatic ring is 1. The standard InChI is InChI=1S/C7H9N3O/c1-4-5(2)7(8)9-3-6(4)10-11/h3H,1-2H3,(H2,8,9). The van der Waals surface area contributed by atoms with Gasteiger partial charge in [-0.25, -0.2) is 4.98 Å². The maximum absolute atomic E-state index is 10.2. The maximum Gasteiger partial charge on any atom is 0.129 e. The first kappa shape index (κ1) is 7.65. The van der Waals surface area contributed by atoms with Gasteiger partial charge in [0.05, 0.1) is 6.20 Å². The Kier molecular flexibility index (Phi) is 1.85. The van der Waals surface area contributed by atoms with Crippen LogP contribution in [-0.2, 0) is 0 Å². The Morgan fingerprint density at radius 3 is 2.64 bits per heavy atom. The number of nitrogens with two attached hydrogens (primary N) is 1. The lowest BCUT2D eigenvalue weighted by Gasteiger charge is -2.02. The minimum atomic E-state index is 0.358. The second-order valence-corrected chi connectivity index (χ2v) is 2.37. The summed E-state index contributed by atoms with van der Waals surface area (Å²) in [6.45, 7) is 3.61. The van der Waals surface area contributed by atoms with Gasteiger partial charge >= 0.3 is 0 Å². The fraction of sp³-hybridized carbons (Fsp3) is 0.286. The molecule has 1 aromatic rings. The van der Waals surface area contributed by atoms with Crippen LogP contribution in [0.4, 0.5) is 11.5 Å². The fourth-order valence-corrected chi connectivity index (χ4v) is 0.801. The van der Waals surface area contributed by atoms with Crippen molar-refractivity contribution in [3.05, 3.63) is 22.2 Å². The van der Waals surface area contributed by atoms with Gasteiger partial charge in [-0.1, -0.05) is 0 Å². The third kappa shape index (κ3) is 1.19. The van der Waals surface area contributed by atoms with Crippen LogP contribution in [0.2, 0.25) is 0 Å². The van der Waals surface area contributed by atoms with Crippen LogP contribution < -0.4 is 5.73 Å². The Balaban J connectivity index is 3.36. The maximum atomic E-state index is 10.2. The predicted molar refractivity (Wildman–Crippen MR) is 43.6 cm³/mol. The second-order valence-electron chi connectivity index (χ2n) is 2.37. The third-order valence-corrected chi connectivity index (χ3v) is 1.76. The SMILES string of the molecule is Cc1c(N=O)cnc(N)c1C. The van der Waals surface area contributed by atoms with E-state index in [9.17, 15) is 4.91 Å². The smallest absolute Gasteiger partial charge is 0.129 e. The molecule has 11 heavy (non-hydrogen) atoms. The van der Waals surface area contributed by atoms with Gasteiger partial charge in [0.1, 0.15) is 11.5 Å². The molecule has 0 aliphatic rings. The van der Waals surface area contributed by atoms with Crippen LogP contribution >= 0.6 is 0 Å². The number of hydrogen-bond acceptors (Lipinski definition) is 4. The summed E-state index contributed by atoms with van der Waals surface area (Å²) in [5.41, 5.74) is 7.47. The van der Waals surface area contributed by atoms with E-state index in [1.54, 1.807) is 6.92 Å². The predicted octanol–water partition coefficient (Wildman–Crippen LogP) is 1.68. The lowest BCUT2D eigenvalue weighted by molar-refractivity contribution is 1.21. The van der Waals surface area contributed by atoms with Crippen molar-refractivity contribution in [2.24, 2.45) is 5.18 Å². The highest BCUT2D eigenvalue weighted by atomic mass is 16.3. The van der Waals surface area contributed by atoms with Crippen molar-refractivity contribution >= 4 is 11.5 Å². The van der Waals surface area contributed by atoms with Gasteiger partial charge in [-0.15, -0.1) is 4.91 Å². The average molecular weight is 151 g/mol. The Morgan fingerprint density at radius 1 is 1.45 bits per heavy atom. The molecule has 0 bridgehead atoms. The van der Waals surface area contributed by atoms with Crippen LogP contribution in [0, 0.1) is 18.8 Å². The normalized spacial score (nSPS) is 9.64. The summed E-state index contributed by atoms with van der Waals surface area (Å²) in [5, 5.41) is 2.80. The highest BCUT2D eigenvalue weighted by molar-refractivity contribution is 5.54. The highest BCUT2D eigenvalue weighted by Gasteiger charge is 2.04. The lowest BCUT2D eigenvalue weighted by Crippen LogP contribution is -1.95. The van der Waals surface area contributed by atoms with E-state index >= 15 is 0 Å². The van der Waals surface area contributed by atoms with E-state index < -0.39 is 0 Å². The molecule has 4 heteroatoms. The zero-order valence-electron chi connectivity index (χ0n) is 6.46. The molecule has 0 saturated heterocycles. The zero-order valence-corrected chi connectivity index (χ0v) is 6.46. The van der Waals surface area contributed by atoms with Crippen LogP contribution in [0.15, 0.2) is 11.4 Å². The van der Waals surface area contributed by atoms with Gasteiger partial charge < -0.3 is 5.73 Å². The van der Waals surface area contributed by atoms with Gasteiger partial charge in [0.15, 0.2) is 0 Å². The summed E-state index contributed by atoms with van der Waals surface area (Å²) in [7, 11) is 0. The average Bonchev–Trinajstić information content (AvgIpc) is 2.01. The topological polar surface area (TPSA) is 68.3 Å². The number of hydrogen-bond donors (Lipinski definition) is 1. The van der Waals surface area contributed by atoms with Crippen LogP contribution in [0.3, 0.4) is 0 Å². The van der Waals surface area contributed by atoms with Crippen LogP contribution in [0.5, 0.6) is 0 Å². The van der Waals surface area contributed by atoms with E-state index in [4.69, 9.17) is 5.73 Å². The summed E-state index contributed by atoms with van der Waals surface area (Å²) in [4.78, 5) is 14.0. The monoisotopic (exact) mass is 151 g/mol. The molecule has 0 amide bonds. The number of nitrogens with zero attached hydrogens (tertiary/aromatic N) is 2. The summed E-state index contributed by atoms with van der Waals surface area (Å²) < 4.78 is 0. The van der Waals surface area contributed by atoms with E-state index in [1.807, 2.05) is 6.92 Å². The van der Waals surface area contributed by atoms with E-state index in [0.29, 0.717) is 11.5 Å². The molecular formula is C7H9N3O. The highest BCUT2D eigenvalue weighted by Crippen LogP contribution is 2.22. The van der Waals surface area contributed by atoms with Crippen molar-refractivity contribution in [3.63, 3.8) is 0 Å². The molecule has 1 rings (SSSR count). The molecule has 0 fully saturated rings. The van der Waals surface area contributed by atoms with Gasteiger partial charge in [0.25, 0.3) is 0 Å². The van der Waals surface area contributed by atoms with E-state index in [-0.39, 0.29) is 0 Å². The summed E-state index contributed by atoms with van der Waals surface area (Å²) >= 11 is 0. The molecular weight excluding hydrogens is 142 g/mol. The number of nitroso groups, excluding NO2 is 1. The van der Waals surface area contributed by atoms with E-state index in [2.05, 4.69) is 10.2 Å². The largest absolute Gasteiger partial charge is 0.383 e. The van der Waals surface area contributed by atoms with Crippen LogP contribution in [0.1, 0.15) is 11.1 Å². The fourth-order valence-electron chi connectivity index (χ4n) is 0.801. The molecule has 0 aliphatic carbocycles. The van der Waals surface area contributed by atoms with Crippen molar-refractivity contribution in [3.8, 4) is 0 Å². The zero-order chi connectivity index (χ0) is 8.43. The van der Waals surface area contributed by atoms with Crippen LogP contribution in [0.25, 0.3) is 0 Å². The van der Waals surface area contributed by atoms with Gasteiger partial charge in [-0.3, -0.25) is 0 Å². The Hall–Kier alpha value is -1.45. The molecule has 1 heterocycles. The molecule has 0 spiro atoms. The van der Waals surface area contributed by atoms with Gasteiger partial charge in [-0.2, -0.15) is 0 Å². The van der Waals surface area contributed by atoms with Gasteiger partial charge in [0, 0.05) is 0 Å². The van der Waals surface area contributed by atoms with Gasteiger partial charge in [-0.05, 0) is 30.2 Å². The molecule has 0 atom stereocenters. The summed E-state index contributed by atoms with van der Waals surface area (Å²) in [6.07, 6.45) is 1.38. The molecule has 58 valence electrons. The molecule has 1 aromatic heterocycles. The molecule has 0 saturated carbocycles. The van der Waals surface area contributed by atoms with Crippen LogP contribution in [-0.4, -0.2) is 4.98 Å². The number of anilines is 1. The number of rotatable bonds is 1. The lowest BCUT2D eigenvalue weighted by atomic mass is 10.1. The molecule has 0 radical (unpaired) electrons. The van der Waals surface area contributed by atoms with E-state index in [0.717, 1.165) is 11.1 Å². The summed E-state index contributed by atoms with van der Waals surface area (Å²) in [6, 6.07) is 0. The first-order valence-corrected chi connectivity index (χ1v) is 3.22. The first-order valence-electron chi connectivity index (χ1n) is 3.22. The van der Waals surface area contributed by atoms with Crippen molar-refractivity contribution in [1.82, 2.24) is 4.98 Å².